The number of benzene rings is 1. The van der Waals surface area contributed by atoms with E-state index in [-0.39, 0.29) is 16.7 Å². The Morgan fingerprint density at radius 1 is 1.17 bits per heavy atom. The fourth-order valence-electron chi connectivity index (χ4n) is 3.17. The summed E-state index contributed by atoms with van der Waals surface area (Å²) >= 11 is 1.06. The molecule has 1 aromatic carbocycles. The highest BCUT2D eigenvalue weighted by molar-refractivity contribution is 7.20. The maximum absolute atomic E-state index is 13.0. The molecule has 1 atom stereocenters. The Balaban J connectivity index is 1.90. The third-order valence-electron chi connectivity index (χ3n) is 4.60. The zero-order chi connectivity index (χ0) is 22.0. The van der Waals surface area contributed by atoms with Crippen molar-refractivity contribution in [2.45, 2.75) is 33.2 Å². The number of anilines is 2. The molecule has 3 aromatic rings. The lowest BCUT2D eigenvalue weighted by molar-refractivity contribution is -0.119. The Hall–Kier alpha value is -3.53. The first kappa shape index (κ1) is 21.2. The molecule has 4 N–H and O–H groups in total. The standard InChI is InChI=1S/C20H21N5O4S/c1-4-14(18(28)24-13-7-5-12(6-8-13)23-11(3)26)25-9-22-19-15(20(25)29)10(2)16(30-19)17(21)27/h5-9,14H,4H2,1-3H3,(H2,21,27)(H,23,26)(H,24,28). The van der Waals surface area contributed by atoms with Crippen molar-refractivity contribution in [3.8, 4) is 0 Å². The highest BCUT2D eigenvalue weighted by Crippen LogP contribution is 2.27. The average molecular weight is 427 g/mol. The Morgan fingerprint density at radius 3 is 2.30 bits per heavy atom. The number of nitrogens with one attached hydrogen (secondary N) is 2. The lowest BCUT2D eigenvalue weighted by Crippen LogP contribution is -2.33. The molecule has 2 aromatic heterocycles. The van der Waals surface area contributed by atoms with Gasteiger partial charge in [-0.15, -0.1) is 11.3 Å². The van der Waals surface area contributed by atoms with E-state index in [1.807, 2.05) is 0 Å². The maximum atomic E-state index is 13.0. The second-order valence-corrected chi connectivity index (χ2v) is 7.73. The van der Waals surface area contributed by atoms with E-state index < -0.39 is 17.5 Å². The van der Waals surface area contributed by atoms with E-state index in [0.717, 1.165) is 11.3 Å². The summed E-state index contributed by atoms with van der Waals surface area (Å²) < 4.78 is 1.27. The van der Waals surface area contributed by atoms with Crippen LogP contribution in [0.4, 0.5) is 11.4 Å². The lowest BCUT2D eigenvalue weighted by atomic mass is 10.1. The van der Waals surface area contributed by atoms with Crippen LogP contribution in [0.15, 0.2) is 35.4 Å². The van der Waals surface area contributed by atoms with E-state index in [4.69, 9.17) is 5.73 Å². The summed E-state index contributed by atoms with van der Waals surface area (Å²) in [4.78, 5) is 53.5. The van der Waals surface area contributed by atoms with E-state index in [2.05, 4.69) is 15.6 Å². The minimum absolute atomic E-state index is 0.191. The molecule has 3 rings (SSSR count). The number of aryl methyl sites for hydroxylation is 1. The summed E-state index contributed by atoms with van der Waals surface area (Å²) in [5.74, 6) is -1.19. The number of primary amides is 1. The highest BCUT2D eigenvalue weighted by Gasteiger charge is 2.24. The minimum atomic E-state index is -0.791. The molecule has 0 aliphatic rings. The summed E-state index contributed by atoms with van der Waals surface area (Å²) in [7, 11) is 0. The molecule has 9 nitrogen and oxygen atoms in total. The molecular formula is C20H21N5O4S. The van der Waals surface area contributed by atoms with Gasteiger partial charge in [-0.1, -0.05) is 6.92 Å². The number of hydrogen-bond acceptors (Lipinski definition) is 6. The maximum Gasteiger partial charge on any atom is 0.263 e. The summed E-state index contributed by atoms with van der Waals surface area (Å²) in [6.07, 6.45) is 1.67. The van der Waals surface area contributed by atoms with E-state index in [1.165, 1.54) is 17.8 Å². The van der Waals surface area contributed by atoms with Crippen LogP contribution in [0, 0.1) is 6.92 Å². The Morgan fingerprint density at radius 2 is 1.77 bits per heavy atom. The van der Waals surface area contributed by atoms with Crippen molar-refractivity contribution >= 4 is 50.6 Å². The zero-order valence-corrected chi connectivity index (χ0v) is 17.5. The summed E-state index contributed by atoms with van der Waals surface area (Å²) in [5, 5.41) is 5.72. The molecule has 3 amide bonds. The minimum Gasteiger partial charge on any atom is -0.365 e. The third-order valence-corrected chi connectivity index (χ3v) is 5.81. The summed E-state index contributed by atoms with van der Waals surface area (Å²) in [6.45, 7) is 4.84. The van der Waals surface area contributed by atoms with Crippen LogP contribution < -0.4 is 21.9 Å². The normalized spacial score (nSPS) is 11.8. The second kappa shape index (κ2) is 8.46. The van der Waals surface area contributed by atoms with Crippen molar-refractivity contribution in [2.24, 2.45) is 5.73 Å². The van der Waals surface area contributed by atoms with E-state index in [9.17, 15) is 19.2 Å². The van der Waals surface area contributed by atoms with Crippen molar-refractivity contribution in [2.75, 3.05) is 10.6 Å². The summed E-state index contributed by atoms with van der Waals surface area (Å²) in [5.41, 5.74) is 6.58. The topological polar surface area (TPSA) is 136 Å². The van der Waals surface area contributed by atoms with Gasteiger partial charge >= 0.3 is 0 Å². The molecule has 10 heteroatoms. The molecule has 0 radical (unpaired) electrons. The fourth-order valence-corrected chi connectivity index (χ4v) is 4.16. The number of aromatic nitrogens is 2. The van der Waals surface area contributed by atoms with E-state index >= 15 is 0 Å². The van der Waals surface area contributed by atoms with Crippen LogP contribution in [0.3, 0.4) is 0 Å². The van der Waals surface area contributed by atoms with Gasteiger partial charge in [-0.2, -0.15) is 0 Å². The smallest absolute Gasteiger partial charge is 0.263 e. The van der Waals surface area contributed by atoms with Gasteiger partial charge in [-0.25, -0.2) is 4.98 Å². The first-order valence-electron chi connectivity index (χ1n) is 9.21. The van der Waals surface area contributed by atoms with Gasteiger partial charge in [0, 0.05) is 18.3 Å². The number of nitrogens with zero attached hydrogens (tertiary/aromatic N) is 2. The van der Waals surface area contributed by atoms with Crippen molar-refractivity contribution in [3.63, 3.8) is 0 Å². The first-order chi connectivity index (χ1) is 14.2. The van der Waals surface area contributed by atoms with Crippen LogP contribution >= 0.6 is 11.3 Å². The monoisotopic (exact) mass is 427 g/mol. The van der Waals surface area contributed by atoms with Gasteiger partial charge in [0.15, 0.2) is 0 Å². The molecule has 0 saturated carbocycles. The van der Waals surface area contributed by atoms with Crippen molar-refractivity contribution in [1.29, 1.82) is 0 Å². The van der Waals surface area contributed by atoms with Crippen LogP contribution in [0.25, 0.3) is 10.2 Å². The second-order valence-electron chi connectivity index (χ2n) is 6.73. The highest BCUT2D eigenvalue weighted by atomic mass is 32.1. The largest absolute Gasteiger partial charge is 0.365 e. The molecule has 2 heterocycles. The van der Waals surface area contributed by atoms with Gasteiger partial charge in [0.2, 0.25) is 11.8 Å². The van der Waals surface area contributed by atoms with Gasteiger partial charge in [0.1, 0.15) is 10.9 Å². The predicted molar refractivity (Wildman–Crippen MR) is 116 cm³/mol. The van der Waals surface area contributed by atoms with Gasteiger partial charge in [0.25, 0.3) is 11.5 Å². The number of hydrogen-bond donors (Lipinski definition) is 3. The van der Waals surface area contributed by atoms with Crippen LogP contribution in [-0.2, 0) is 9.59 Å². The molecule has 156 valence electrons. The van der Waals surface area contributed by atoms with Crippen LogP contribution in [0.1, 0.15) is 41.5 Å². The molecule has 0 aliphatic heterocycles. The molecule has 0 fully saturated rings. The van der Waals surface area contributed by atoms with Crippen LogP contribution in [0.2, 0.25) is 0 Å². The fraction of sp³-hybridized carbons (Fsp3) is 0.250. The van der Waals surface area contributed by atoms with E-state index in [1.54, 1.807) is 38.1 Å². The number of thiophene rings is 1. The Labute approximate surface area is 175 Å². The number of carbonyl (C=O) groups is 3. The molecule has 0 bridgehead atoms. The van der Waals surface area contributed by atoms with Gasteiger partial charge in [-0.05, 0) is 43.2 Å². The average Bonchev–Trinajstić information content (AvgIpc) is 3.03. The van der Waals surface area contributed by atoms with Gasteiger partial charge in [-0.3, -0.25) is 23.7 Å². The van der Waals surface area contributed by atoms with Gasteiger partial charge < -0.3 is 16.4 Å². The third kappa shape index (κ3) is 4.08. The molecule has 30 heavy (non-hydrogen) atoms. The van der Waals surface area contributed by atoms with Crippen LogP contribution in [-0.4, -0.2) is 27.3 Å². The van der Waals surface area contributed by atoms with E-state index in [0.29, 0.717) is 33.6 Å². The molecule has 1 unspecified atom stereocenters. The summed E-state index contributed by atoms with van der Waals surface area (Å²) in [6, 6.07) is 5.85. The van der Waals surface area contributed by atoms with Crippen LogP contribution in [0.5, 0.6) is 0 Å². The van der Waals surface area contributed by atoms with Crippen molar-refractivity contribution in [3.05, 3.63) is 51.4 Å². The Bertz CT molecular complexity index is 1200. The number of nitrogens with two attached hydrogens (primary N) is 1. The molecule has 0 spiro atoms. The molecule has 0 saturated heterocycles. The predicted octanol–water partition coefficient (Wildman–Crippen LogP) is 2.41. The van der Waals surface area contributed by atoms with Crippen molar-refractivity contribution in [1.82, 2.24) is 9.55 Å². The zero-order valence-electron chi connectivity index (χ0n) is 16.7. The first-order valence-corrected chi connectivity index (χ1v) is 10.0. The number of fused-ring (bicyclic) bond motifs is 1. The van der Waals surface area contributed by atoms with Gasteiger partial charge in [0.05, 0.1) is 16.6 Å². The van der Waals surface area contributed by atoms with Crippen molar-refractivity contribution < 1.29 is 14.4 Å². The molecule has 0 aliphatic carbocycles. The quantitative estimate of drug-likeness (QED) is 0.555. The number of amides is 3. The molecular weight excluding hydrogens is 406 g/mol. The lowest BCUT2D eigenvalue weighted by Gasteiger charge is -2.18. The number of rotatable bonds is 6. The SMILES string of the molecule is CCC(C(=O)Nc1ccc(NC(C)=O)cc1)n1cnc2sc(C(N)=O)c(C)c2c1=O. The Kier molecular flexibility index (Phi) is 5.97. The number of carbonyl (C=O) groups excluding carboxylic acids is 3.